The third-order valence-electron chi connectivity index (χ3n) is 4.78. The number of carbonyl (C=O) groups is 2. The molecule has 0 saturated heterocycles. The van der Waals surface area contributed by atoms with E-state index in [9.17, 15) is 14.7 Å². The first-order valence-electron chi connectivity index (χ1n) is 9.71. The summed E-state index contributed by atoms with van der Waals surface area (Å²) in [6.45, 7) is -0.111. The second kappa shape index (κ2) is 9.13. The summed E-state index contributed by atoms with van der Waals surface area (Å²) in [6.07, 6.45) is 2.84. The third kappa shape index (κ3) is 5.08. The number of carbonyl (C=O) groups excluding carboxylic acids is 1. The maximum Gasteiger partial charge on any atom is 0.408 e. The number of rotatable bonds is 7. The Morgan fingerprint density at radius 3 is 2.61 bits per heavy atom. The lowest BCUT2D eigenvalue weighted by atomic mass is 10.1. The number of hydrogen-bond acceptors (Lipinski definition) is 5. The zero-order chi connectivity index (χ0) is 21.6. The van der Waals surface area contributed by atoms with Crippen LogP contribution in [-0.2, 0) is 22.6 Å². The predicted molar refractivity (Wildman–Crippen MR) is 114 cm³/mol. The molecule has 0 aliphatic carbocycles. The minimum absolute atomic E-state index is 0.111. The van der Waals surface area contributed by atoms with E-state index in [0.717, 1.165) is 22.1 Å². The Hall–Kier alpha value is -4.13. The highest BCUT2D eigenvalue weighted by atomic mass is 16.6. The topological polar surface area (TPSA) is 102 Å². The maximum atomic E-state index is 12.1. The molecule has 0 radical (unpaired) electrons. The van der Waals surface area contributed by atoms with Crippen LogP contribution in [0.15, 0.2) is 83.5 Å². The normalized spacial score (nSPS) is 11.7. The molecular formula is C24H20N2O5. The average Bonchev–Trinajstić information content (AvgIpc) is 3.21. The van der Waals surface area contributed by atoms with E-state index in [1.54, 1.807) is 30.6 Å². The minimum Gasteiger partial charge on any atom is -0.480 e. The van der Waals surface area contributed by atoms with Crippen molar-refractivity contribution in [3.05, 3.63) is 90.4 Å². The number of alkyl carbamates (subject to hydrolysis) is 1. The van der Waals surface area contributed by atoms with Gasteiger partial charge in [0.25, 0.3) is 0 Å². The van der Waals surface area contributed by atoms with Crippen LogP contribution in [0.1, 0.15) is 11.3 Å². The zero-order valence-electron chi connectivity index (χ0n) is 16.5. The summed E-state index contributed by atoms with van der Waals surface area (Å²) < 4.78 is 10.9. The van der Waals surface area contributed by atoms with Gasteiger partial charge < -0.3 is 19.6 Å². The molecule has 156 valence electrons. The van der Waals surface area contributed by atoms with Gasteiger partial charge in [-0.3, -0.25) is 4.98 Å². The molecule has 0 unspecified atom stereocenters. The van der Waals surface area contributed by atoms with Crippen molar-refractivity contribution in [1.82, 2.24) is 10.3 Å². The summed E-state index contributed by atoms with van der Waals surface area (Å²) in [4.78, 5) is 27.7. The third-order valence-corrected chi connectivity index (χ3v) is 4.78. The van der Waals surface area contributed by atoms with Crippen molar-refractivity contribution < 1.29 is 23.8 Å². The fraction of sp³-hybridized carbons (Fsp3) is 0.125. The van der Waals surface area contributed by atoms with E-state index in [-0.39, 0.29) is 13.0 Å². The zero-order valence-corrected chi connectivity index (χ0v) is 16.5. The number of aliphatic carboxylic acids is 1. The van der Waals surface area contributed by atoms with Crippen molar-refractivity contribution in [3.8, 4) is 11.1 Å². The summed E-state index contributed by atoms with van der Waals surface area (Å²) in [7, 11) is 0. The van der Waals surface area contributed by atoms with Crippen LogP contribution in [0.5, 0.6) is 0 Å². The van der Waals surface area contributed by atoms with E-state index in [4.69, 9.17) is 9.15 Å². The van der Waals surface area contributed by atoms with Gasteiger partial charge in [0.1, 0.15) is 17.4 Å². The van der Waals surface area contributed by atoms with Gasteiger partial charge in [0.05, 0.1) is 0 Å². The summed E-state index contributed by atoms with van der Waals surface area (Å²) >= 11 is 0. The molecule has 2 N–H and O–H groups in total. The second-order valence-electron chi connectivity index (χ2n) is 7.01. The molecule has 0 saturated carbocycles. The van der Waals surface area contributed by atoms with E-state index in [1.807, 2.05) is 48.5 Å². The number of pyridine rings is 1. The van der Waals surface area contributed by atoms with Crippen LogP contribution >= 0.6 is 0 Å². The Labute approximate surface area is 178 Å². The predicted octanol–water partition coefficient (Wildman–Crippen LogP) is 4.42. The molecule has 2 heterocycles. The number of nitrogens with one attached hydrogen (secondary N) is 1. The highest BCUT2D eigenvalue weighted by Crippen LogP contribution is 2.26. The number of fused-ring (bicyclic) bond motifs is 1. The molecule has 2 aromatic carbocycles. The van der Waals surface area contributed by atoms with Crippen molar-refractivity contribution >= 4 is 23.0 Å². The fourth-order valence-corrected chi connectivity index (χ4v) is 3.25. The lowest BCUT2D eigenvalue weighted by Crippen LogP contribution is -2.42. The number of ether oxygens (including phenoxy) is 1. The Balaban J connectivity index is 1.38. The highest BCUT2D eigenvalue weighted by molar-refractivity contribution is 5.84. The Bertz CT molecular complexity index is 1190. The standard InChI is InChI=1S/C24H20N2O5/c27-23(28)21(11-16-5-2-1-3-6-16)26-24(29)30-15-20-13-19-12-17(8-9-22(19)31-20)18-7-4-10-25-14-18/h1-10,12-14,21H,11,15H2,(H,26,29)(H,27,28)/t21-/m1/s1. The molecule has 31 heavy (non-hydrogen) atoms. The molecule has 1 amide bonds. The number of benzene rings is 2. The van der Waals surface area contributed by atoms with Crippen molar-refractivity contribution in [3.63, 3.8) is 0 Å². The number of amides is 1. The molecule has 0 spiro atoms. The first-order chi connectivity index (χ1) is 15.1. The molecule has 0 bridgehead atoms. The number of carboxylic acid groups (broad SMARTS) is 1. The van der Waals surface area contributed by atoms with Crippen LogP contribution in [0, 0.1) is 0 Å². The van der Waals surface area contributed by atoms with Crippen molar-refractivity contribution in [1.29, 1.82) is 0 Å². The quantitative estimate of drug-likeness (QED) is 0.463. The van der Waals surface area contributed by atoms with Crippen LogP contribution in [0.4, 0.5) is 4.79 Å². The van der Waals surface area contributed by atoms with Crippen LogP contribution < -0.4 is 5.32 Å². The molecule has 4 rings (SSSR count). The van der Waals surface area contributed by atoms with Crippen LogP contribution in [0.25, 0.3) is 22.1 Å². The maximum absolute atomic E-state index is 12.1. The van der Waals surface area contributed by atoms with Crippen molar-refractivity contribution in [2.75, 3.05) is 0 Å². The SMILES string of the molecule is O=C(N[C@H](Cc1ccccc1)C(=O)O)OCc1cc2cc(-c3cccnc3)ccc2o1. The molecule has 4 aromatic rings. The van der Waals surface area contributed by atoms with E-state index < -0.39 is 18.1 Å². The van der Waals surface area contributed by atoms with Gasteiger partial charge in [-0.25, -0.2) is 9.59 Å². The Kier molecular flexibility index (Phi) is 5.93. The first kappa shape index (κ1) is 20.2. The fourth-order valence-electron chi connectivity index (χ4n) is 3.25. The van der Waals surface area contributed by atoms with Crippen molar-refractivity contribution in [2.45, 2.75) is 19.1 Å². The van der Waals surface area contributed by atoms with Crippen molar-refractivity contribution in [2.24, 2.45) is 0 Å². The van der Waals surface area contributed by atoms with E-state index >= 15 is 0 Å². The molecule has 7 nitrogen and oxygen atoms in total. The Morgan fingerprint density at radius 1 is 1.03 bits per heavy atom. The number of furan rings is 1. The molecular weight excluding hydrogens is 396 g/mol. The van der Waals surface area contributed by atoms with Gasteiger partial charge in [-0.2, -0.15) is 0 Å². The van der Waals surface area contributed by atoms with Gasteiger partial charge in [-0.05, 0) is 35.4 Å². The lowest BCUT2D eigenvalue weighted by Gasteiger charge is -2.14. The Morgan fingerprint density at radius 2 is 1.87 bits per heavy atom. The lowest BCUT2D eigenvalue weighted by molar-refractivity contribution is -0.139. The van der Waals surface area contributed by atoms with Crippen LogP contribution in [0.2, 0.25) is 0 Å². The van der Waals surface area contributed by atoms with Gasteiger partial charge in [0, 0.05) is 29.8 Å². The highest BCUT2D eigenvalue weighted by Gasteiger charge is 2.21. The van der Waals surface area contributed by atoms with Gasteiger partial charge in [-0.1, -0.05) is 42.5 Å². The largest absolute Gasteiger partial charge is 0.480 e. The summed E-state index contributed by atoms with van der Waals surface area (Å²) in [6, 6.07) is 19.4. The van der Waals surface area contributed by atoms with E-state index in [0.29, 0.717) is 11.3 Å². The smallest absolute Gasteiger partial charge is 0.408 e. The number of carboxylic acids is 1. The molecule has 1 atom stereocenters. The van der Waals surface area contributed by atoms with Gasteiger partial charge in [0.15, 0.2) is 6.61 Å². The average molecular weight is 416 g/mol. The van der Waals surface area contributed by atoms with Gasteiger partial charge >= 0.3 is 12.1 Å². The van der Waals surface area contributed by atoms with Gasteiger partial charge in [0.2, 0.25) is 0 Å². The van der Waals surface area contributed by atoms with E-state index in [1.165, 1.54) is 0 Å². The molecule has 2 aromatic heterocycles. The van der Waals surface area contributed by atoms with E-state index in [2.05, 4.69) is 10.3 Å². The molecule has 0 fully saturated rings. The van der Waals surface area contributed by atoms with Gasteiger partial charge in [-0.15, -0.1) is 0 Å². The molecule has 7 heteroatoms. The summed E-state index contributed by atoms with van der Waals surface area (Å²) in [5.41, 5.74) is 3.45. The number of aromatic nitrogens is 1. The van der Waals surface area contributed by atoms with Crippen LogP contribution in [0.3, 0.4) is 0 Å². The molecule has 0 aliphatic rings. The number of hydrogen-bond donors (Lipinski definition) is 2. The molecule has 0 aliphatic heterocycles. The first-order valence-corrected chi connectivity index (χ1v) is 9.71. The number of nitrogens with zero attached hydrogens (tertiary/aromatic N) is 1. The van der Waals surface area contributed by atoms with Crippen LogP contribution in [-0.4, -0.2) is 28.2 Å². The summed E-state index contributed by atoms with van der Waals surface area (Å²) in [5.74, 6) is -0.670. The monoisotopic (exact) mass is 416 g/mol. The minimum atomic E-state index is -1.13. The second-order valence-corrected chi connectivity index (χ2v) is 7.01. The summed E-state index contributed by atoms with van der Waals surface area (Å²) in [5, 5.41) is 12.6.